The largest absolute Gasteiger partial charge is 0.489 e. The van der Waals surface area contributed by atoms with Gasteiger partial charge >= 0.3 is 5.97 Å². The molecule has 2 aromatic carbocycles. The van der Waals surface area contributed by atoms with Crippen LogP contribution in [0.3, 0.4) is 0 Å². The molecule has 0 unspecified atom stereocenters. The normalized spacial score (nSPS) is 11.1. The van der Waals surface area contributed by atoms with Crippen molar-refractivity contribution < 1.29 is 14.3 Å². The summed E-state index contributed by atoms with van der Waals surface area (Å²) in [5.41, 5.74) is 3.29. The second kappa shape index (κ2) is 8.20. The van der Waals surface area contributed by atoms with Crippen molar-refractivity contribution in [2.75, 3.05) is 6.61 Å². The monoisotopic (exact) mass is 335 g/mol. The van der Waals surface area contributed by atoms with Gasteiger partial charge < -0.3 is 14.5 Å². The highest BCUT2D eigenvalue weighted by atomic mass is 16.5. The molecule has 1 N–H and O–H groups in total. The zero-order valence-electron chi connectivity index (χ0n) is 14.2. The van der Waals surface area contributed by atoms with Crippen LogP contribution in [0.15, 0.2) is 66.9 Å². The Bertz CT molecular complexity index is 865. The van der Waals surface area contributed by atoms with Gasteiger partial charge in [-0.25, -0.2) is 4.79 Å². The molecule has 0 spiro atoms. The number of hydrogen-bond donors (Lipinski definition) is 1. The molecular weight excluding hydrogens is 314 g/mol. The maximum atomic E-state index is 11.4. The molecule has 1 heterocycles. The number of carbonyl (C=O) groups is 1. The van der Waals surface area contributed by atoms with Gasteiger partial charge in [0.2, 0.25) is 0 Å². The van der Waals surface area contributed by atoms with Gasteiger partial charge in [-0.3, -0.25) is 0 Å². The van der Waals surface area contributed by atoms with Crippen LogP contribution >= 0.6 is 0 Å². The fourth-order valence-corrected chi connectivity index (χ4v) is 2.63. The lowest BCUT2D eigenvalue weighted by Crippen LogP contribution is -1.99. The van der Waals surface area contributed by atoms with E-state index in [0.29, 0.717) is 19.6 Å². The van der Waals surface area contributed by atoms with Crippen LogP contribution in [0.25, 0.3) is 10.9 Å². The molecule has 1 aromatic heterocycles. The lowest BCUT2D eigenvalue weighted by molar-refractivity contribution is -0.137. The number of benzene rings is 2. The van der Waals surface area contributed by atoms with Gasteiger partial charge in [0, 0.05) is 23.2 Å². The zero-order valence-corrected chi connectivity index (χ0v) is 14.2. The van der Waals surface area contributed by atoms with E-state index in [1.807, 2.05) is 60.8 Å². The van der Waals surface area contributed by atoms with Gasteiger partial charge in [0.05, 0.1) is 6.61 Å². The van der Waals surface area contributed by atoms with Crippen molar-refractivity contribution in [3.63, 3.8) is 0 Å². The molecule has 0 saturated carbocycles. The minimum atomic E-state index is -0.311. The molecule has 128 valence electrons. The van der Waals surface area contributed by atoms with Crippen molar-refractivity contribution in [3.05, 3.63) is 78.0 Å². The summed E-state index contributed by atoms with van der Waals surface area (Å²) in [7, 11) is 0. The lowest BCUT2D eigenvalue weighted by Gasteiger charge is -2.07. The highest BCUT2D eigenvalue weighted by Crippen LogP contribution is 2.25. The van der Waals surface area contributed by atoms with Crippen LogP contribution in [-0.4, -0.2) is 17.6 Å². The Morgan fingerprint density at radius 3 is 2.80 bits per heavy atom. The van der Waals surface area contributed by atoms with Crippen molar-refractivity contribution >= 4 is 16.9 Å². The summed E-state index contributed by atoms with van der Waals surface area (Å²) in [5, 5.41) is 1.10. The van der Waals surface area contributed by atoms with E-state index in [-0.39, 0.29) is 5.97 Å². The average molecular weight is 335 g/mol. The predicted molar refractivity (Wildman–Crippen MR) is 98.5 cm³/mol. The van der Waals surface area contributed by atoms with Gasteiger partial charge in [-0.1, -0.05) is 36.4 Å². The topological polar surface area (TPSA) is 51.3 Å². The van der Waals surface area contributed by atoms with Crippen LogP contribution in [0.4, 0.5) is 0 Å². The van der Waals surface area contributed by atoms with Gasteiger partial charge in [-0.05, 0) is 42.7 Å². The van der Waals surface area contributed by atoms with Gasteiger partial charge in [-0.15, -0.1) is 0 Å². The summed E-state index contributed by atoms with van der Waals surface area (Å²) in [6.45, 7) is 2.72. The summed E-state index contributed by atoms with van der Waals surface area (Å²) in [4.78, 5) is 14.6. The van der Waals surface area contributed by atoms with Crippen molar-refractivity contribution in [2.45, 2.75) is 20.0 Å². The number of aromatic nitrogens is 1. The Balaban J connectivity index is 1.70. The van der Waals surface area contributed by atoms with Gasteiger partial charge in [-0.2, -0.15) is 0 Å². The summed E-state index contributed by atoms with van der Waals surface area (Å²) in [5.74, 6) is 0.515. The molecule has 0 amide bonds. The average Bonchev–Trinajstić information content (AvgIpc) is 3.03. The molecule has 0 fully saturated rings. The molecule has 0 radical (unpaired) electrons. The molecule has 4 nitrogen and oxygen atoms in total. The van der Waals surface area contributed by atoms with Crippen LogP contribution in [0.2, 0.25) is 0 Å². The van der Waals surface area contributed by atoms with E-state index in [1.54, 1.807) is 6.92 Å². The van der Waals surface area contributed by atoms with Crippen LogP contribution in [0, 0.1) is 0 Å². The lowest BCUT2D eigenvalue weighted by atomic mass is 10.1. The number of fused-ring (bicyclic) bond motifs is 1. The predicted octanol–water partition coefficient (Wildman–Crippen LogP) is 4.41. The van der Waals surface area contributed by atoms with E-state index >= 15 is 0 Å². The highest BCUT2D eigenvalue weighted by molar-refractivity contribution is 5.85. The van der Waals surface area contributed by atoms with Crippen molar-refractivity contribution in [2.24, 2.45) is 0 Å². The molecule has 3 rings (SSSR count). The molecule has 3 aromatic rings. The van der Waals surface area contributed by atoms with Gasteiger partial charge in [0.25, 0.3) is 0 Å². The Kier molecular flexibility index (Phi) is 5.52. The summed E-state index contributed by atoms with van der Waals surface area (Å²) < 4.78 is 10.8. The summed E-state index contributed by atoms with van der Waals surface area (Å²) in [6.07, 6.45) is 5.90. The number of H-pyrrole nitrogens is 1. The number of hydrogen-bond acceptors (Lipinski definition) is 3. The smallest absolute Gasteiger partial charge is 0.330 e. The molecular formula is C21H21NO3. The van der Waals surface area contributed by atoms with Gasteiger partial charge in [0.15, 0.2) is 0 Å². The molecule has 0 aliphatic carbocycles. The minimum absolute atomic E-state index is 0.311. The standard InChI is InChI=1S/C21H21NO3/c1-2-24-21(23)10-6-9-17-14-22-20-12-11-18(13-19(17)20)25-15-16-7-4-3-5-8-16/h3-8,10-14,22H,2,9,15H2,1H3/b10-6+. The first kappa shape index (κ1) is 16.8. The van der Waals surface area contributed by atoms with E-state index < -0.39 is 0 Å². The third-order valence-electron chi connectivity index (χ3n) is 3.87. The number of esters is 1. The zero-order chi connectivity index (χ0) is 17.5. The molecule has 0 aliphatic heterocycles. The molecule has 25 heavy (non-hydrogen) atoms. The van der Waals surface area contributed by atoms with Crippen LogP contribution in [0.1, 0.15) is 18.1 Å². The van der Waals surface area contributed by atoms with E-state index in [2.05, 4.69) is 4.98 Å². The second-order valence-electron chi connectivity index (χ2n) is 5.65. The first-order chi connectivity index (χ1) is 12.3. The minimum Gasteiger partial charge on any atom is -0.489 e. The molecule has 4 heteroatoms. The Labute approximate surface area is 147 Å². The molecule has 0 bridgehead atoms. The van der Waals surface area contributed by atoms with Crippen LogP contribution in [0.5, 0.6) is 5.75 Å². The van der Waals surface area contributed by atoms with Crippen LogP contribution < -0.4 is 4.74 Å². The van der Waals surface area contributed by atoms with E-state index in [4.69, 9.17) is 9.47 Å². The number of carbonyl (C=O) groups excluding carboxylic acids is 1. The first-order valence-corrected chi connectivity index (χ1v) is 8.36. The Morgan fingerprint density at radius 2 is 2.00 bits per heavy atom. The SMILES string of the molecule is CCOC(=O)/C=C/Cc1c[nH]c2ccc(OCc3ccccc3)cc12. The summed E-state index contributed by atoms with van der Waals surface area (Å²) >= 11 is 0. The van der Waals surface area contributed by atoms with Crippen molar-refractivity contribution in [1.82, 2.24) is 4.98 Å². The number of allylic oxidation sites excluding steroid dienone is 1. The molecule has 0 atom stereocenters. The van der Waals surface area contributed by atoms with E-state index in [0.717, 1.165) is 27.8 Å². The Hall–Kier alpha value is -3.01. The first-order valence-electron chi connectivity index (χ1n) is 8.36. The number of aromatic amines is 1. The third kappa shape index (κ3) is 4.51. The second-order valence-corrected chi connectivity index (χ2v) is 5.65. The maximum Gasteiger partial charge on any atom is 0.330 e. The van der Waals surface area contributed by atoms with Crippen molar-refractivity contribution in [1.29, 1.82) is 0 Å². The van der Waals surface area contributed by atoms with Gasteiger partial charge in [0.1, 0.15) is 12.4 Å². The molecule has 0 saturated heterocycles. The fourth-order valence-electron chi connectivity index (χ4n) is 2.63. The van der Waals surface area contributed by atoms with Crippen LogP contribution in [-0.2, 0) is 22.6 Å². The molecule has 0 aliphatic rings. The quantitative estimate of drug-likeness (QED) is 0.514. The number of rotatable bonds is 7. The number of nitrogens with one attached hydrogen (secondary N) is 1. The third-order valence-corrected chi connectivity index (χ3v) is 3.87. The Morgan fingerprint density at radius 1 is 1.16 bits per heavy atom. The van der Waals surface area contributed by atoms with E-state index in [1.165, 1.54) is 6.08 Å². The highest BCUT2D eigenvalue weighted by Gasteiger charge is 2.05. The fraction of sp³-hybridized carbons (Fsp3) is 0.190. The van der Waals surface area contributed by atoms with E-state index in [9.17, 15) is 4.79 Å². The number of ether oxygens (including phenoxy) is 2. The maximum absolute atomic E-state index is 11.4. The summed E-state index contributed by atoms with van der Waals surface area (Å²) in [6, 6.07) is 16.1. The van der Waals surface area contributed by atoms with Crippen molar-refractivity contribution in [3.8, 4) is 5.75 Å².